The van der Waals surface area contributed by atoms with Crippen LogP contribution in [0, 0.1) is 0 Å². The lowest BCUT2D eigenvalue weighted by Crippen LogP contribution is -1.89. The van der Waals surface area contributed by atoms with Gasteiger partial charge < -0.3 is 5.11 Å². The Kier molecular flexibility index (Phi) is 15.2. The van der Waals surface area contributed by atoms with Crippen molar-refractivity contribution in [1.82, 2.24) is 0 Å². The Morgan fingerprint density at radius 2 is 1.20 bits per heavy atom. The molecule has 0 heterocycles. The predicted octanol–water partition coefficient (Wildman–Crippen LogP) is 5.88. The topological polar surface area (TPSA) is 37.3 Å². The highest BCUT2D eigenvalue weighted by Gasteiger charge is 1.91. The molecule has 20 heavy (non-hydrogen) atoms. The van der Waals surface area contributed by atoms with Crippen LogP contribution in [-0.2, 0) is 4.79 Å². The quantitative estimate of drug-likeness (QED) is 0.318. The van der Waals surface area contributed by atoms with Gasteiger partial charge in [0.25, 0.3) is 0 Å². The van der Waals surface area contributed by atoms with Crippen LogP contribution in [0.15, 0.2) is 24.3 Å². The van der Waals surface area contributed by atoms with Gasteiger partial charge in [-0.05, 0) is 32.1 Å². The zero-order chi connectivity index (χ0) is 14.9. The lowest BCUT2D eigenvalue weighted by atomic mass is 10.1. The van der Waals surface area contributed by atoms with Crippen LogP contribution in [0.1, 0.15) is 84.0 Å². The predicted molar refractivity (Wildman–Crippen MR) is 87.0 cm³/mol. The van der Waals surface area contributed by atoms with Crippen molar-refractivity contribution in [2.45, 2.75) is 84.0 Å². The third-order valence-corrected chi connectivity index (χ3v) is 3.34. The number of unbranched alkanes of at least 4 members (excludes halogenated alkanes) is 9. The second-order valence-electron chi connectivity index (χ2n) is 5.38. The molecule has 0 amide bonds. The summed E-state index contributed by atoms with van der Waals surface area (Å²) in [6.07, 6.45) is 22.4. The first-order valence-corrected chi connectivity index (χ1v) is 8.29. The van der Waals surface area contributed by atoms with E-state index in [1.807, 2.05) is 6.08 Å². The number of allylic oxidation sites excluding steroid dienone is 3. The molecule has 0 aliphatic rings. The standard InChI is InChI=1S/C18H32O2/c1-2-3-4-5-6-7-8-9-10-11-12-13-14-15-16-17-18(19)20/h5-6,15-16H,2-4,7-14,17H2,1H3,(H,19,20)/b6-5-,16-15-. The van der Waals surface area contributed by atoms with Crippen molar-refractivity contribution in [3.8, 4) is 0 Å². The molecule has 2 nitrogen and oxygen atoms in total. The van der Waals surface area contributed by atoms with E-state index in [9.17, 15) is 4.79 Å². The molecule has 0 rings (SSSR count). The summed E-state index contributed by atoms with van der Waals surface area (Å²) in [7, 11) is 0. The Bertz CT molecular complexity index is 267. The van der Waals surface area contributed by atoms with Crippen LogP contribution in [0.4, 0.5) is 0 Å². The van der Waals surface area contributed by atoms with Crippen LogP contribution >= 0.6 is 0 Å². The smallest absolute Gasteiger partial charge is 0.307 e. The van der Waals surface area contributed by atoms with E-state index in [1.165, 1.54) is 64.2 Å². The summed E-state index contributed by atoms with van der Waals surface area (Å²) >= 11 is 0. The summed E-state index contributed by atoms with van der Waals surface area (Å²) in [6, 6.07) is 0. The maximum absolute atomic E-state index is 10.3. The Morgan fingerprint density at radius 3 is 1.70 bits per heavy atom. The van der Waals surface area contributed by atoms with Crippen LogP contribution in [0.5, 0.6) is 0 Å². The summed E-state index contributed by atoms with van der Waals surface area (Å²) in [5.74, 6) is -0.745. The van der Waals surface area contributed by atoms with Crippen molar-refractivity contribution in [2.24, 2.45) is 0 Å². The molecule has 0 unspecified atom stereocenters. The van der Waals surface area contributed by atoms with Gasteiger partial charge in [0.15, 0.2) is 0 Å². The Hall–Kier alpha value is -1.05. The minimum atomic E-state index is -0.745. The highest BCUT2D eigenvalue weighted by Crippen LogP contribution is 2.09. The number of hydrogen-bond donors (Lipinski definition) is 1. The molecule has 0 fully saturated rings. The van der Waals surface area contributed by atoms with Crippen molar-refractivity contribution < 1.29 is 9.90 Å². The monoisotopic (exact) mass is 280 g/mol. The number of hydrogen-bond acceptors (Lipinski definition) is 1. The average molecular weight is 280 g/mol. The molecule has 0 saturated heterocycles. The van der Waals surface area contributed by atoms with E-state index in [-0.39, 0.29) is 6.42 Å². The Balaban J connectivity index is 3.11. The molecule has 0 saturated carbocycles. The van der Waals surface area contributed by atoms with Crippen molar-refractivity contribution in [3.05, 3.63) is 24.3 Å². The molecule has 0 radical (unpaired) electrons. The normalized spacial score (nSPS) is 11.7. The SMILES string of the molecule is CCCC/C=C\CCCCCCCC/C=C\CC(=O)O. The second-order valence-corrected chi connectivity index (χ2v) is 5.38. The lowest BCUT2D eigenvalue weighted by Gasteiger charge is -1.99. The van der Waals surface area contributed by atoms with Crippen molar-refractivity contribution in [2.75, 3.05) is 0 Å². The van der Waals surface area contributed by atoms with Gasteiger partial charge in [-0.25, -0.2) is 0 Å². The number of carboxylic acids is 1. The van der Waals surface area contributed by atoms with Crippen LogP contribution in [0.25, 0.3) is 0 Å². The highest BCUT2D eigenvalue weighted by molar-refractivity contribution is 5.68. The number of carboxylic acid groups (broad SMARTS) is 1. The first kappa shape index (κ1) is 18.9. The summed E-state index contributed by atoms with van der Waals surface area (Å²) in [4.78, 5) is 10.3. The number of aliphatic carboxylic acids is 1. The van der Waals surface area contributed by atoms with E-state index in [1.54, 1.807) is 6.08 Å². The molecule has 0 bridgehead atoms. The fourth-order valence-corrected chi connectivity index (χ4v) is 2.09. The zero-order valence-electron chi connectivity index (χ0n) is 13.2. The molecule has 0 spiro atoms. The first-order chi connectivity index (χ1) is 9.77. The van der Waals surface area contributed by atoms with Gasteiger partial charge in [0, 0.05) is 0 Å². The maximum atomic E-state index is 10.3. The summed E-state index contributed by atoms with van der Waals surface area (Å²) < 4.78 is 0. The molecular weight excluding hydrogens is 248 g/mol. The van der Waals surface area contributed by atoms with Crippen molar-refractivity contribution >= 4 is 5.97 Å². The fraction of sp³-hybridized carbons (Fsp3) is 0.722. The summed E-state index contributed by atoms with van der Waals surface area (Å²) in [5, 5.41) is 8.46. The Labute approximate surface area is 125 Å². The molecule has 0 atom stereocenters. The number of carbonyl (C=O) groups is 1. The molecule has 0 aromatic carbocycles. The van der Waals surface area contributed by atoms with Crippen LogP contribution in [0.2, 0.25) is 0 Å². The van der Waals surface area contributed by atoms with Gasteiger partial charge in [0.2, 0.25) is 0 Å². The van der Waals surface area contributed by atoms with Gasteiger partial charge in [-0.3, -0.25) is 4.79 Å². The van der Waals surface area contributed by atoms with Crippen LogP contribution in [0.3, 0.4) is 0 Å². The summed E-state index contributed by atoms with van der Waals surface area (Å²) in [6.45, 7) is 2.23. The Morgan fingerprint density at radius 1 is 0.750 bits per heavy atom. The molecule has 0 aliphatic heterocycles. The maximum Gasteiger partial charge on any atom is 0.307 e. The van der Waals surface area contributed by atoms with Gasteiger partial charge in [0.05, 0.1) is 6.42 Å². The minimum absolute atomic E-state index is 0.159. The molecule has 1 N–H and O–H groups in total. The molecule has 116 valence electrons. The fourth-order valence-electron chi connectivity index (χ4n) is 2.09. The summed E-state index contributed by atoms with van der Waals surface area (Å²) in [5.41, 5.74) is 0. The molecule has 0 aliphatic carbocycles. The van der Waals surface area contributed by atoms with E-state index in [2.05, 4.69) is 19.1 Å². The zero-order valence-corrected chi connectivity index (χ0v) is 13.2. The van der Waals surface area contributed by atoms with E-state index >= 15 is 0 Å². The minimum Gasteiger partial charge on any atom is -0.481 e. The van der Waals surface area contributed by atoms with Gasteiger partial charge in [-0.1, -0.05) is 69.8 Å². The molecule has 0 aromatic heterocycles. The lowest BCUT2D eigenvalue weighted by molar-refractivity contribution is -0.136. The number of rotatable bonds is 14. The van der Waals surface area contributed by atoms with E-state index in [0.29, 0.717) is 0 Å². The third kappa shape index (κ3) is 16.9. The molecular formula is C18H32O2. The largest absolute Gasteiger partial charge is 0.481 e. The third-order valence-electron chi connectivity index (χ3n) is 3.34. The highest BCUT2D eigenvalue weighted by atomic mass is 16.4. The van der Waals surface area contributed by atoms with Gasteiger partial charge in [-0.2, -0.15) is 0 Å². The van der Waals surface area contributed by atoms with Gasteiger partial charge in [0.1, 0.15) is 0 Å². The van der Waals surface area contributed by atoms with E-state index in [0.717, 1.165) is 6.42 Å². The van der Waals surface area contributed by atoms with Crippen LogP contribution in [-0.4, -0.2) is 11.1 Å². The van der Waals surface area contributed by atoms with Crippen molar-refractivity contribution in [1.29, 1.82) is 0 Å². The van der Waals surface area contributed by atoms with Gasteiger partial charge in [-0.15, -0.1) is 0 Å². The van der Waals surface area contributed by atoms with Gasteiger partial charge >= 0.3 is 5.97 Å². The average Bonchev–Trinajstić information content (AvgIpc) is 2.43. The van der Waals surface area contributed by atoms with E-state index < -0.39 is 5.97 Å². The van der Waals surface area contributed by atoms with Crippen LogP contribution < -0.4 is 0 Å². The second kappa shape index (κ2) is 16.0. The van der Waals surface area contributed by atoms with E-state index in [4.69, 9.17) is 5.11 Å². The first-order valence-electron chi connectivity index (χ1n) is 8.29. The molecule has 2 heteroatoms. The van der Waals surface area contributed by atoms with Crippen molar-refractivity contribution in [3.63, 3.8) is 0 Å². The molecule has 0 aromatic rings.